The molecule has 4 heteroatoms. The fourth-order valence-electron chi connectivity index (χ4n) is 4.23. The van der Waals surface area contributed by atoms with E-state index in [4.69, 9.17) is 0 Å². The lowest BCUT2D eigenvalue weighted by atomic mass is 9.74. The van der Waals surface area contributed by atoms with E-state index in [9.17, 15) is 20.1 Å². The minimum atomic E-state index is -0.363. The number of rotatable bonds is 6. The number of benzene rings is 3. The van der Waals surface area contributed by atoms with Gasteiger partial charge in [0.15, 0.2) is 6.29 Å². The summed E-state index contributed by atoms with van der Waals surface area (Å²) in [5.74, 6) is 0.172. The molecule has 4 nitrogen and oxygen atoms in total. The molecule has 3 rings (SSSR count). The van der Waals surface area contributed by atoms with E-state index in [1.54, 1.807) is 13.0 Å². The predicted molar refractivity (Wildman–Crippen MR) is 128 cm³/mol. The number of hydrogen-bond donors (Lipinski definition) is 3. The summed E-state index contributed by atoms with van der Waals surface area (Å²) < 4.78 is 0. The second-order valence-corrected chi connectivity index (χ2v) is 9.64. The zero-order valence-corrected chi connectivity index (χ0v) is 19.7. The molecule has 3 aromatic rings. The Kier molecular flexibility index (Phi) is 6.21. The van der Waals surface area contributed by atoms with Gasteiger partial charge in [-0.05, 0) is 59.4 Å². The number of aromatic hydroxyl groups is 2. The molecule has 0 unspecified atom stereocenters. The van der Waals surface area contributed by atoms with E-state index in [0.29, 0.717) is 23.0 Å². The number of aliphatic hydroxyl groups is 1. The minimum Gasteiger partial charge on any atom is -0.507 e. The van der Waals surface area contributed by atoms with Crippen molar-refractivity contribution in [3.05, 3.63) is 93.0 Å². The molecule has 0 aromatic heterocycles. The average Bonchev–Trinajstić information content (AvgIpc) is 2.77. The van der Waals surface area contributed by atoms with Crippen molar-refractivity contribution in [3.63, 3.8) is 0 Å². The predicted octanol–water partition coefficient (Wildman–Crippen LogP) is 5.67. The number of carbonyl (C=O) groups excluding carboxylic acids is 1. The highest BCUT2D eigenvalue weighted by molar-refractivity contribution is 5.80. The van der Waals surface area contributed by atoms with E-state index >= 15 is 0 Å². The number of aliphatic hydroxyl groups excluding tert-OH is 1. The third kappa shape index (κ3) is 4.03. The molecule has 0 fully saturated rings. The van der Waals surface area contributed by atoms with Gasteiger partial charge in [0, 0.05) is 16.4 Å². The lowest BCUT2D eigenvalue weighted by Crippen LogP contribution is -2.22. The number of carbonyl (C=O) groups is 1. The van der Waals surface area contributed by atoms with Gasteiger partial charge in [0.2, 0.25) is 0 Å². The Labute approximate surface area is 190 Å². The zero-order valence-electron chi connectivity index (χ0n) is 19.7. The van der Waals surface area contributed by atoms with Crippen LogP contribution in [0.2, 0.25) is 0 Å². The molecular formula is C28H32O4. The highest BCUT2D eigenvalue weighted by Gasteiger charge is 2.28. The van der Waals surface area contributed by atoms with Gasteiger partial charge in [-0.15, -0.1) is 0 Å². The molecule has 0 saturated heterocycles. The quantitative estimate of drug-likeness (QED) is 0.439. The zero-order chi connectivity index (χ0) is 23.8. The molecular weight excluding hydrogens is 400 g/mol. The fourth-order valence-corrected chi connectivity index (χ4v) is 4.23. The van der Waals surface area contributed by atoms with Crippen LogP contribution in [0.3, 0.4) is 0 Å². The van der Waals surface area contributed by atoms with Gasteiger partial charge in [-0.1, -0.05) is 64.1 Å². The van der Waals surface area contributed by atoms with Crippen LogP contribution in [-0.2, 0) is 17.4 Å². The van der Waals surface area contributed by atoms with E-state index in [-0.39, 0.29) is 28.9 Å². The van der Waals surface area contributed by atoms with Crippen molar-refractivity contribution >= 4 is 6.29 Å². The molecule has 0 aliphatic carbocycles. The van der Waals surface area contributed by atoms with Gasteiger partial charge in [-0.3, -0.25) is 4.79 Å². The number of aldehydes is 1. The van der Waals surface area contributed by atoms with Crippen LogP contribution in [0.5, 0.6) is 11.5 Å². The first-order valence-corrected chi connectivity index (χ1v) is 10.8. The summed E-state index contributed by atoms with van der Waals surface area (Å²) in [5.41, 5.74) is 5.75. The van der Waals surface area contributed by atoms with Crippen LogP contribution in [0.1, 0.15) is 77.0 Å². The van der Waals surface area contributed by atoms with Gasteiger partial charge in [0.05, 0.1) is 12.2 Å². The molecule has 0 atom stereocenters. The number of aryl methyl sites for hydroxylation is 2. The summed E-state index contributed by atoms with van der Waals surface area (Å²) in [4.78, 5) is 11.4. The van der Waals surface area contributed by atoms with Crippen LogP contribution in [0.4, 0.5) is 0 Å². The number of phenols is 2. The first kappa shape index (κ1) is 23.6. The molecule has 0 radical (unpaired) electrons. The van der Waals surface area contributed by atoms with Crippen molar-refractivity contribution in [1.82, 2.24) is 0 Å². The largest absolute Gasteiger partial charge is 0.507 e. The first-order chi connectivity index (χ1) is 14.9. The van der Waals surface area contributed by atoms with E-state index in [1.165, 1.54) is 0 Å². The van der Waals surface area contributed by atoms with Crippen LogP contribution < -0.4 is 0 Å². The Morgan fingerprint density at radius 2 is 1.16 bits per heavy atom. The minimum absolute atomic E-state index is 0.0306. The van der Waals surface area contributed by atoms with Crippen molar-refractivity contribution in [3.8, 4) is 11.5 Å². The molecule has 168 valence electrons. The van der Waals surface area contributed by atoms with Crippen molar-refractivity contribution in [2.45, 2.75) is 59.0 Å². The van der Waals surface area contributed by atoms with E-state index < -0.39 is 0 Å². The number of hydrogen-bond acceptors (Lipinski definition) is 4. The first-order valence-electron chi connectivity index (χ1n) is 10.8. The van der Waals surface area contributed by atoms with Gasteiger partial charge in [0.25, 0.3) is 0 Å². The summed E-state index contributed by atoms with van der Waals surface area (Å²) in [6.07, 6.45) is 0.688. The van der Waals surface area contributed by atoms with Crippen LogP contribution in [0.25, 0.3) is 0 Å². The Morgan fingerprint density at radius 3 is 1.59 bits per heavy atom. The third-order valence-corrected chi connectivity index (χ3v) is 6.78. The monoisotopic (exact) mass is 432 g/mol. The fraction of sp³-hybridized carbons (Fsp3) is 0.321. The maximum absolute atomic E-state index is 11.4. The second kappa shape index (κ2) is 8.44. The molecule has 0 aliphatic rings. The normalized spacial score (nSPS) is 12.1. The molecule has 32 heavy (non-hydrogen) atoms. The lowest BCUT2D eigenvalue weighted by Gasteiger charge is -2.30. The summed E-state index contributed by atoms with van der Waals surface area (Å²) >= 11 is 0. The van der Waals surface area contributed by atoms with Crippen LogP contribution in [-0.4, -0.2) is 21.6 Å². The van der Waals surface area contributed by atoms with E-state index in [0.717, 1.165) is 27.8 Å². The standard InChI is InChI=1S/C28H32O4/c1-17-11-23(13-19(15-29)25(17)31)27(3,4)21-7-9-22(10-8-21)28(5,6)24-12-18(2)26(32)20(14-24)16-30/h7-15,30-32H,16H2,1-6H3. The van der Waals surface area contributed by atoms with E-state index in [1.807, 2.05) is 25.1 Å². The smallest absolute Gasteiger partial charge is 0.153 e. The van der Waals surface area contributed by atoms with Crippen LogP contribution in [0, 0.1) is 13.8 Å². The number of phenolic OH excluding ortho intramolecular Hbond substituents is 1. The summed E-state index contributed by atoms with van der Waals surface area (Å²) in [6.45, 7) is 11.9. The third-order valence-electron chi connectivity index (χ3n) is 6.78. The van der Waals surface area contributed by atoms with Gasteiger partial charge < -0.3 is 15.3 Å². The maximum atomic E-state index is 11.4. The molecule has 0 bridgehead atoms. The topological polar surface area (TPSA) is 77.8 Å². The van der Waals surface area contributed by atoms with Crippen LogP contribution in [0.15, 0.2) is 48.5 Å². The van der Waals surface area contributed by atoms with Gasteiger partial charge in [-0.2, -0.15) is 0 Å². The lowest BCUT2D eigenvalue weighted by molar-refractivity contribution is 0.112. The molecule has 0 aliphatic heterocycles. The van der Waals surface area contributed by atoms with Crippen LogP contribution >= 0.6 is 0 Å². The highest BCUT2D eigenvalue weighted by Crippen LogP contribution is 2.39. The van der Waals surface area contributed by atoms with Crippen molar-refractivity contribution < 1.29 is 20.1 Å². The maximum Gasteiger partial charge on any atom is 0.153 e. The van der Waals surface area contributed by atoms with Crippen molar-refractivity contribution in [1.29, 1.82) is 0 Å². The Morgan fingerprint density at radius 1 is 0.719 bits per heavy atom. The molecule has 3 aromatic carbocycles. The highest BCUT2D eigenvalue weighted by atomic mass is 16.3. The van der Waals surface area contributed by atoms with E-state index in [2.05, 4.69) is 52.0 Å². The molecule has 0 spiro atoms. The summed E-state index contributed by atoms with van der Waals surface area (Å²) in [7, 11) is 0. The van der Waals surface area contributed by atoms with Crippen molar-refractivity contribution in [2.24, 2.45) is 0 Å². The Hall–Kier alpha value is -3.11. The van der Waals surface area contributed by atoms with Gasteiger partial charge in [-0.25, -0.2) is 0 Å². The Bertz CT molecular complexity index is 1160. The summed E-state index contributed by atoms with van der Waals surface area (Å²) in [6, 6.07) is 15.9. The summed E-state index contributed by atoms with van der Waals surface area (Å²) in [5, 5.41) is 29.9. The van der Waals surface area contributed by atoms with Crippen molar-refractivity contribution in [2.75, 3.05) is 0 Å². The second-order valence-electron chi connectivity index (χ2n) is 9.64. The average molecular weight is 433 g/mol. The molecule has 0 amide bonds. The SMILES string of the molecule is Cc1cc(C(C)(C)c2ccc(C(C)(C)c3cc(C)c(O)c(CO)c3)cc2)cc(C=O)c1O. The molecule has 3 N–H and O–H groups in total. The van der Waals surface area contributed by atoms with Gasteiger partial charge >= 0.3 is 0 Å². The molecule has 0 heterocycles. The van der Waals surface area contributed by atoms with Gasteiger partial charge in [0.1, 0.15) is 11.5 Å². The Balaban J connectivity index is 2.01. The molecule has 0 saturated carbocycles.